The molecule has 0 saturated carbocycles. The molecule has 1 rings (SSSR count). The van der Waals surface area contributed by atoms with Crippen LogP contribution in [0, 0.1) is 0 Å². The molecule has 0 radical (unpaired) electrons. The molecular formula is C12H18N2O4. The van der Waals surface area contributed by atoms with Crippen LogP contribution in [0.3, 0.4) is 0 Å². The number of nitrogens with one attached hydrogen (secondary N) is 1. The molecule has 6 heteroatoms. The number of hydrogen-bond acceptors (Lipinski definition) is 5. The molecular weight excluding hydrogens is 236 g/mol. The van der Waals surface area contributed by atoms with Crippen molar-refractivity contribution in [2.24, 2.45) is 0 Å². The summed E-state index contributed by atoms with van der Waals surface area (Å²) >= 11 is 0. The largest absolute Gasteiger partial charge is 0.493 e. The Morgan fingerprint density at radius 3 is 2.39 bits per heavy atom. The average Bonchev–Trinajstić information content (AvgIpc) is 2.38. The fourth-order valence-corrected chi connectivity index (χ4v) is 1.45. The van der Waals surface area contributed by atoms with Crippen LogP contribution < -0.4 is 20.5 Å². The molecule has 0 fully saturated rings. The summed E-state index contributed by atoms with van der Waals surface area (Å²) < 4.78 is 15.1. The van der Waals surface area contributed by atoms with Gasteiger partial charge in [-0.25, -0.2) is 0 Å². The Labute approximate surface area is 106 Å². The van der Waals surface area contributed by atoms with E-state index in [-0.39, 0.29) is 5.91 Å². The van der Waals surface area contributed by atoms with Crippen LogP contribution in [0.1, 0.15) is 10.4 Å². The fourth-order valence-electron chi connectivity index (χ4n) is 1.45. The Kier molecular flexibility index (Phi) is 5.26. The van der Waals surface area contributed by atoms with Gasteiger partial charge in [-0.2, -0.15) is 0 Å². The third-order valence-corrected chi connectivity index (χ3v) is 2.39. The Hall–Kier alpha value is -1.95. The zero-order valence-corrected chi connectivity index (χ0v) is 10.8. The number of carbonyl (C=O) groups is 1. The van der Waals surface area contributed by atoms with Crippen molar-refractivity contribution in [1.29, 1.82) is 0 Å². The van der Waals surface area contributed by atoms with E-state index in [9.17, 15) is 4.79 Å². The number of ether oxygens (including phenoxy) is 3. The van der Waals surface area contributed by atoms with Crippen LogP contribution >= 0.6 is 0 Å². The first kappa shape index (κ1) is 14.1. The normalized spacial score (nSPS) is 9.94. The number of hydrogen-bond donors (Lipinski definition) is 2. The highest BCUT2D eigenvalue weighted by Crippen LogP contribution is 2.31. The van der Waals surface area contributed by atoms with Gasteiger partial charge < -0.3 is 25.3 Å². The maximum atomic E-state index is 11.9. The smallest absolute Gasteiger partial charge is 0.253 e. The van der Waals surface area contributed by atoms with Gasteiger partial charge in [-0.15, -0.1) is 0 Å². The molecule has 0 aromatic heterocycles. The van der Waals surface area contributed by atoms with Gasteiger partial charge in [-0.1, -0.05) is 0 Å². The molecule has 0 unspecified atom stereocenters. The molecule has 0 heterocycles. The first-order valence-corrected chi connectivity index (χ1v) is 5.42. The van der Waals surface area contributed by atoms with E-state index >= 15 is 0 Å². The lowest BCUT2D eigenvalue weighted by molar-refractivity contribution is 0.0937. The molecule has 18 heavy (non-hydrogen) atoms. The van der Waals surface area contributed by atoms with Crippen molar-refractivity contribution in [3.8, 4) is 11.5 Å². The highest BCUT2D eigenvalue weighted by Gasteiger charge is 2.14. The molecule has 1 amide bonds. The number of anilines is 1. The van der Waals surface area contributed by atoms with Crippen LogP contribution in [-0.4, -0.2) is 40.4 Å². The number of amides is 1. The van der Waals surface area contributed by atoms with Crippen LogP contribution in [0.5, 0.6) is 11.5 Å². The van der Waals surface area contributed by atoms with Crippen LogP contribution in [0.15, 0.2) is 12.1 Å². The third kappa shape index (κ3) is 3.27. The van der Waals surface area contributed by atoms with Gasteiger partial charge in [0, 0.05) is 25.4 Å². The summed E-state index contributed by atoms with van der Waals surface area (Å²) in [6.07, 6.45) is 0. The van der Waals surface area contributed by atoms with E-state index in [4.69, 9.17) is 19.9 Å². The van der Waals surface area contributed by atoms with Crippen molar-refractivity contribution in [3.63, 3.8) is 0 Å². The van der Waals surface area contributed by atoms with Crippen molar-refractivity contribution in [3.05, 3.63) is 17.7 Å². The van der Waals surface area contributed by atoms with Gasteiger partial charge >= 0.3 is 0 Å². The SMILES string of the molecule is COCCNC(=O)c1cc(OC)c(OC)cc1N. The van der Waals surface area contributed by atoms with Gasteiger partial charge in [0.2, 0.25) is 0 Å². The molecule has 0 aliphatic heterocycles. The predicted octanol–water partition coefficient (Wildman–Crippen LogP) is 0.662. The van der Waals surface area contributed by atoms with Gasteiger partial charge in [-0.05, 0) is 6.07 Å². The predicted molar refractivity (Wildman–Crippen MR) is 68.2 cm³/mol. The van der Waals surface area contributed by atoms with Crippen molar-refractivity contribution >= 4 is 11.6 Å². The second-order valence-corrected chi connectivity index (χ2v) is 3.54. The van der Waals surface area contributed by atoms with Gasteiger partial charge in [0.25, 0.3) is 5.91 Å². The van der Waals surface area contributed by atoms with E-state index in [1.165, 1.54) is 14.2 Å². The summed E-state index contributed by atoms with van der Waals surface area (Å²) in [7, 11) is 4.58. The number of nitrogens with two attached hydrogens (primary N) is 1. The Morgan fingerprint density at radius 1 is 1.22 bits per heavy atom. The average molecular weight is 254 g/mol. The first-order valence-electron chi connectivity index (χ1n) is 5.42. The Bertz CT molecular complexity index is 421. The molecule has 0 aliphatic rings. The summed E-state index contributed by atoms with van der Waals surface area (Å²) in [6, 6.07) is 3.11. The monoisotopic (exact) mass is 254 g/mol. The maximum Gasteiger partial charge on any atom is 0.253 e. The molecule has 0 aliphatic carbocycles. The standard InChI is InChI=1S/C12H18N2O4/c1-16-5-4-14-12(15)8-6-10(17-2)11(18-3)7-9(8)13/h6-7H,4-5,13H2,1-3H3,(H,14,15). The number of carbonyl (C=O) groups excluding carboxylic acids is 1. The molecule has 0 saturated heterocycles. The summed E-state index contributed by atoms with van der Waals surface area (Å²) in [5, 5.41) is 2.69. The number of methoxy groups -OCH3 is 3. The van der Waals surface area contributed by atoms with Crippen LogP contribution in [0.25, 0.3) is 0 Å². The quantitative estimate of drug-likeness (QED) is 0.575. The van der Waals surface area contributed by atoms with Crippen molar-refractivity contribution in [2.45, 2.75) is 0 Å². The summed E-state index contributed by atoms with van der Waals surface area (Å²) in [6.45, 7) is 0.863. The zero-order chi connectivity index (χ0) is 13.5. The molecule has 3 N–H and O–H groups in total. The number of benzene rings is 1. The van der Waals surface area contributed by atoms with E-state index in [1.54, 1.807) is 19.2 Å². The lowest BCUT2D eigenvalue weighted by Crippen LogP contribution is -2.27. The topological polar surface area (TPSA) is 82.8 Å². The molecule has 1 aromatic rings. The van der Waals surface area contributed by atoms with Gasteiger partial charge in [0.1, 0.15) is 0 Å². The second kappa shape index (κ2) is 6.70. The summed E-state index contributed by atoms with van der Waals surface area (Å²) in [4.78, 5) is 11.9. The first-order chi connectivity index (χ1) is 8.63. The minimum atomic E-state index is -0.273. The Balaban J connectivity index is 2.91. The minimum Gasteiger partial charge on any atom is -0.493 e. The fraction of sp³-hybridized carbons (Fsp3) is 0.417. The van der Waals surface area contributed by atoms with E-state index in [0.29, 0.717) is 35.9 Å². The lowest BCUT2D eigenvalue weighted by atomic mass is 10.1. The summed E-state index contributed by atoms with van der Waals surface area (Å²) in [5.74, 6) is 0.678. The molecule has 1 aromatic carbocycles. The van der Waals surface area contributed by atoms with Gasteiger partial charge in [0.15, 0.2) is 11.5 Å². The van der Waals surface area contributed by atoms with Crippen molar-refractivity contribution in [1.82, 2.24) is 5.32 Å². The molecule has 6 nitrogen and oxygen atoms in total. The minimum absolute atomic E-state index is 0.273. The summed E-state index contributed by atoms with van der Waals surface area (Å²) in [5.41, 5.74) is 6.48. The zero-order valence-electron chi connectivity index (χ0n) is 10.8. The molecule has 0 spiro atoms. The van der Waals surface area contributed by atoms with E-state index in [1.807, 2.05) is 0 Å². The highest BCUT2D eigenvalue weighted by molar-refractivity contribution is 6.00. The third-order valence-electron chi connectivity index (χ3n) is 2.39. The van der Waals surface area contributed by atoms with E-state index < -0.39 is 0 Å². The van der Waals surface area contributed by atoms with Crippen molar-refractivity contribution in [2.75, 3.05) is 40.2 Å². The molecule has 0 bridgehead atoms. The molecule has 100 valence electrons. The number of rotatable bonds is 6. The van der Waals surface area contributed by atoms with E-state index in [0.717, 1.165) is 0 Å². The van der Waals surface area contributed by atoms with Crippen LogP contribution in [0.4, 0.5) is 5.69 Å². The Morgan fingerprint density at radius 2 is 1.83 bits per heavy atom. The maximum absolute atomic E-state index is 11.9. The van der Waals surface area contributed by atoms with Crippen LogP contribution in [-0.2, 0) is 4.74 Å². The van der Waals surface area contributed by atoms with Crippen LogP contribution in [0.2, 0.25) is 0 Å². The second-order valence-electron chi connectivity index (χ2n) is 3.54. The lowest BCUT2D eigenvalue weighted by Gasteiger charge is -2.12. The van der Waals surface area contributed by atoms with Gasteiger partial charge in [0.05, 0.1) is 26.4 Å². The van der Waals surface area contributed by atoms with Crippen molar-refractivity contribution < 1.29 is 19.0 Å². The van der Waals surface area contributed by atoms with E-state index in [2.05, 4.69) is 5.32 Å². The highest BCUT2D eigenvalue weighted by atomic mass is 16.5. The van der Waals surface area contributed by atoms with Gasteiger partial charge in [-0.3, -0.25) is 4.79 Å². The number of nitrogen functional groups attached to an aromatic ring is 1. The molecule has 0 atom stereocenters.